The Bertz CT molecular complexity index is 713. The summed E-state index contributed by atoms with van der Waals surface area (Å²) in [7, 11) is 1.26. The standard InChI is InChI=1S/C17H18N2O5/c1-23-16(21)6-5-15(20)18-8-7-13-12(11-18)3-2-4-14(13)19-9-10-24-17(19)22/h2-6H,7-11H2,1H3/b6-5+. The number of benzene rings is 1. The number of amides is 2. The number of esters is 1. The minimum atomic E-state index is -0.560. The predicted molar refractivity (Wildman–Crippen MR) is 85.4 cm³/mol. The van der Waals surface area contributed by atoms with Crippen molar-refractivity contribution in [2.75, 3.05) is 31.7 Å². The molecule has 2 amide bonds. The van der Waals surface area contributed by atoms with Gasteiger partial charge in [-0.25, -0.2) is 9.59 Å². The Hall–Kier alpha value is -2.83. The van der Waals surface area contributed by atoms with Gasteiger partial charge in [-0.1, -0.05) is 12.1 Å². The average molecular weight is 330 g/mol. The van der Waals surface area contributed by atoms with Crippen LogP contribution in [0.4, 0.5) is 10.5 Å². The van der Waals surface area contributed by atoms with Gasteiger partial charge in [0.1, 0.15) is 6.61 Å². The number of hydrogen-bond acceptors (Lipinski definition) is 5. The summed E-state index contributed by atoms with van der Waals surface area (Å²) in [4.78, 5) is 38.3. The summed E-state index contributed by atoms with van der Waals surface area (Å²) in [5.41, 5.74) is 2.92. The molecule has 0 atom stereocenters. The van der Waals surface area contributed by atoms with Crippen molar-refractivity contribution >= 4 is 23.7 Å². The maximum Gasteiger partial charge on any atom is 0.414 e. The molecule has 1 saturated heterocycles. The molecule has 7 heteroatoms. The van der Waals surface area contributed by atoms with Crippen LogP contribution in [0.5, 0.6) is 0 Å². The van der Waals surface area contributed by atoms with Crippen LogP contribution in [-0.4, -0.2) is 49.7 Å². The van der Waals surface area contributed by atoms with E-state index in [9.17, 15) is 14.4 Å². The van der Waals surface area contributed by atoms with Crippen LogP contribution in [-0.2, 0) is 32.0 Å². The Labute approximate surface area is 139 Å². The molecule has 2 heterocycles. The number of cyclic esters (lactones) is 1. The number of methoxy groups -OCH3 is 1. The van der Waals surface area contributed by atoms with Gasteiger partial charge in [-0.05, 0) is 23.6 Å². The highest BCUT2D eigenvalue weighted by molar-refractivity contribution is 5.95. The van der Waals surface area contributed by atoms with Crippen molar-refractivity contribution < 1.29 is 23.9 Å². The van der Waals surface area contributed by atoms with Crippen molar-refractivity contribution in [1.82, 2.24) is 4.90 Å². The fraction of sp³-hybridized carbons (Fsp3) is 0.353. The van der Waals surface area contributed by atoms with Crippen LogP contribution in [0.2, 0.25) is 0 Å². The van der Waals surface area contributed by atoms with Gasteiger partial charge in [-0.3, -0.25) is 9.69 Å². The SMILES string of the molecule is COC(=O)/C=C/C(=O)N1CCc2c(cccc2N2CCOC2=O)C1. The van der Waals surface area contributed by atoms with Crippen molar-refractivity contribution in [3.63, 3.8) is 0 Å². The van der Waals surface area contributed by atoms with Crippen LogP contribution in [0.15, 0.2) is 30.4 Å². The van der Waals surface area contributed by atoms with Crippen molar-refractivity contribution in [1.29, 1.82) is 0 Å². The molecule has 0 spiro atoms. The second kappa shape index (κ2) is 6.74. The average Bonchev–Trinajstić information content (AvgIpc) is 3.04. The number of carbonyl (C=O) groups is 3. The number of hydrogen-bond donors (Lipinski definition) is 0. The number of carbonyl (C=O) groups excluding carboxylic acids is 3. The van der Waals surface area contributed by atoms with Gasteiger partial charge in [0, 0.05) is 25.2 Å². The van der Waals surface area contributed by atoms with Gasteiger partial charge in [-0.2, -0.15) is 0 Å². The molecule has 0 radical (unpaired) electrons. The third kappa shape index (κ3) is 3.10. The molecule has 2 aliphatic rings. The Morgan fingerprint density at radius 2 is 2.08 bits per heavy atom. The first kappa shape index (κ1) is 16.0. The minimum Gasteiger partial charge on any atom is -0.466 e. The Balaban J connectivity index is 1.77. The van der Waals surface area contributed by atoms with Crippen LogP contribution in [0, 0.1) is 0 Å². The van der Waals surface area contributed by atoms with Crippen molar-refractivity contribution in [3.8, 4) is 0 Å². The van der Waals surface area contributed by atoms with E-state index in [0.29, 0.717) is 32.7 Å². The molecule has 2 aliphatic heterocycles. The molecule has 0 N–H and O–H groups in total. The summed E-state index contributed by atoms with van der Waals surface area (Å²) in [5.74, 6) is -0.798. The lowest BCUT2D eigenvalue weighted by molar-refractivity contribution is -0.135. The maximum atomic E-state index is 12.2. The number of rotatable bonds is 3. The van der Waals surface area contributed by atoms with E-state index in [1.54, 1.807) is 9.80 Å². The monoisotopic (exact) mass is 330 g/mol. The molecular weight excluding hydrogens is 312 g/mol. The molecule has 0 bridgehead atoms. The molecule has 7 nitrogen and oxygen atoms in total. The smallest absolute Gasteiger partial charge is 0.414 e. The molecule has 1 fully saturated rings. The summed E-state index contributed by atoms with van der Waals surface area (Å²) >= 11 is 0. The van der Waals surface area contributed by atoms with E-state index in [0.717, 1.165) is 22.9 Å². The van der Waals surface area contributed by atoms with Crippen LogP contribution in [0.25, 0.3) is 0 Å². The first-order valence-electron chi connectivity index (χ1n) is 7.70. The largest absolute Gasteiger partial charge is 0.466 e. The van der Waals surface area contributed by atoms with Gasteiger partial charge in [0.05, 0.1) is 19.3 Å². The van der Waals surface area contributed by atoms with Crippen LogP contribution in [0.1, 0.15) is 11.1 Å². The van der Waals surface area contributed by atoms with Crippen LogP contribution in [0.3, 0.4) is 0 Å². The maximum absolute atomic E-state index is 12.2. The topological polar surface area (TPSA) is 76.2 Å². The molecule has 0 aromatic heterocycles. The number of anilines is 1. The zero-order valence-corrected chi connectivity index (χ0v) is 13.4. The molecule has 0 saturated carbocycles. The van der Waals surface area contributed by atoms with E-state index in [-0.39, 0.29) is 12.0 Å². The van der Waals surface area contributed by atoms with Gasteiger partial charge in [-0.15, -0.1) is 0 Å². The van der Waals surface area contributed by atoms with E-state index in [1.165, 1.54) is 13.2 Å². The lowest BCUT2D eigenvalue weighted by Crippen LogP contribution is -2.36. The van der Waals surface area contributed by atoms with E-state index < -0.39 is 5.97 Å². The lowest BCUT2D eigenvalue weighted by atomic mass is 9.97. The van der Waals surface area contributed by atoms with Crippen molar-refractivity contribution in [3.05, 3.63) is 41.5 Å². The summed E-state index contributed by atoms with van der Waals surface area (Å²) in [6, 6.07) is 5.72. The zero-order chi connectivity index (χ0) is 17.1. The molecule has 3 rings (SSSR count). The van der Waals surface area contributed by atoms with E-state index in [4.69, 9.17) is 4.74 Å². The second-order valence-corrected chi connectivity index (χ2v) is 5.55. The van der Waals surface area contributed by atoms with Gasteiger partial charge >= 0.3 is 12.1 Å². The van der Waals surface area contributed by atoms with Crippen LogP contribution >= 0.6 is 0 Å². The zero-order valence-electron chi connectivity index (χ0n) is 13.4. The summed E-state index contributed by atoms with van der Waals surface area (Å²) in [6.07, 6.45) is 2.66. The van der Waals surface area contributed by atoms with Crippen molar-refractivity contribution in [2.45, 2.75) is 13.0 Å². The first-order valence-corrected chi connectivity index (χ1v) is 7.70. The number of fused-ring (bicyclic) bond motifs is 1. The first-order chi connectivity index (χ1) is 11.6. The highest BCUT2D eigenvalue weighted by Gasteiger charge is 2.29. The summed E-state index contributed by atoms with van der Waals surface area (Å²) in [5, 5.41) is 0. The Kier molecular flexibility index (Phi) is 4.50. The third-order valence-electron chi connectivity index (χ3n) is 4.17. The summed E-state index contributed by atoms with van der Waals surface area (Å²) in [6.45, 7) is 1.90. The van der Waals surface area contributed by atoms with Gasteiger partial charge < -0.3 is 14.4 Å². The highest BCUT2D eigenvalue weighted by Crippen LogP contribution is 2.30. The molecule has 0 aliphatic carbocycles. The third-order valence-corrected chi connectivity index (χ3v) is 4.17. The number of nitrogens with zero attached hydrogens (tertiary/aromatic N) is 2. The Morgan fingerprint density at radius 1 is 1.25 bits per heavy atom. The predicted octanol–water partition coefficient (Wildman–Crippen LogP) is 1.26. The van der Waals surface area contributed by atoms with Gasteiger partial charge in [0.2, 0.25) is 5.91 Å². The molecule has 1 aromatic carbocycles. The molecular formula is C17H18N2O5. The molecule has 24 heavy (non-hydrogen) atoms. The molecule has 126 valence electrons. The number of ether oxygens (including phenoxy) is 2. The van der Waals surface area contributed by atoms with Gasteiger partial charge in [0.25, 0.3) is 0 Å². The molecule has 1 aromatic rings. The second-order valence-electron chi connectivity index (χ2n) is 5.55. The Morgan fingerprint density at radius 3 is 2.79 bits per heavy atom. The molecule has 0 unspecified atom stereocenters. The highest BCUT2D eigenvalue weighted by atomic mass is 16.6. The van der Waals surface area contributed by atoms with E-state index in [1.807, 2.05) is 18.2 Å². The fourth-order valence-electron chi connectivity index (χ4n) is 2.96. The lowest BCUT2D eigenvalue weighted by Gasteiger charge is -2.30. The van der Waals surface area contributed by atoms with Crippen molar-refractivity contribution in [2.24, 2.45) is 0 Å². The van der Waals surface area contributed by atoms with E-state index >= 15 is 0 Å². The fourth-order valence-corrected chi connectivity index (χ4v) is 2.96. The summed E-state index contributed by atoms with van der Waals surface area (Å²) < 4.78 is 9.49. The van der Waals surface area contributed by atoms with E-state index in [2.05, 4.69) is 4.74 Å². The normalized spacial score (nSPS) is 17.0. The van der Waals surface area contributed by atoms with Gasteiger partial charge in [0.15, 0.2) is 0 Å². The quantitative estimate of drug-likeness (QED) is 0.616. The van der Waals surface area contributed by atoms with Crippen LogP contribution < -0.4 is 4.90 Å². The minimum absolute atomic E-state index is 0.239.